The summed E-state index contributed by atoms with van der Waals surface area (Å²) in [5.74, 6) is 0. The second-order valence-electron chi connectivity index (χ2n) is 9.24. The molecule has 7 heteroatoms. The minimum atomic E-state index is 0.825. The molecule has 1 aromatic carbocycles. The molecule has 1 N–H and O–H groups in total. The van der Waals surface area contributed by atoms with E-state index in [0.29, 0.717) is 0 Å². The molecule has 0 unspecified atom stereocenters. The predicted molar refractivity (Wildman–Crippen MR) is 139 cm³/mol. The van der Waals surface area contributed by atoms with Gasteiger partial charge in [0.2, 0.25) is 0 Å². The summed E-state index contributed by atoms with van der Waals surface area (Å²) in [6.07, 6.45) is 9.99. The molecule has 0 bridgehead atoms. The van der Waals surface area contributed by atoms with Gasteiger partial charge in [0.25, 0.3) is 0 Å². The number of pyridine rings is 2. The van der Waals surface area contributed by atoms with Gasteiger partial charge in [0.15, 0.2) is 5.65 Å². The molecule has 0 radical (unpaired) electrons. The summed E-state index contributed by atoms with van der Waals surface area (Å²) in [6, 6.07) is 14.6. The zero-order valence-electron chi connectivity index (χ0n) is 20.0. The fourth-order valence-corrected chi connectivity index (χ4v) is 4.87. The highest BCUT2D eigenvalue weighted by molar-refractivity contribution is 5.98. The Hall–Kier alpha value is -3.68. The zero-order valence-corrected chi connectivity index (χ0v) is 20.0. The van der Waals surface area contributed by atoms with Crippen molar-refractivity contribution < 1.29 is 0 Å². The number of aryl methyl sites for hydroxylation is 2. The number of nitrogens with one attached hydrogen (secondary N) is 1. The van der Waals surface area contributed by atoms with Crippen molar-refractivity contribution in [2.45, 2.75) is 19.8 Å². The van der Waals surface area contributed by atoms with Gasteiger partial charge in [0.1, 0.15) is 0 Å². The van der Waals surface area contributed by atoms with Crippen molar-refractivity contribution in [3.05, 3.63) is 78.5 Å². The fraction of sp³-hybridized carbons (Fsp3) is 0.286. The Labute approximate surface area is 204 Å². The van der Waals surface area contributed by atoms with Crippen LogP contribution in [0.5, 0.6) is 0 Å². The lowest BCUT2D eigenvalue weighted by molar-refractivity contribution is 0.238. The van der Waals surface area contributed by atoms with Crippen LogP contribution in [-0.4, -0.2) is 62.2 Å². The van der Waals surface area contributed by atoms with E-state index in [9.17, 15) is 0 Å². The molecule has 4 aromatic heterocycles. The quantitative estimate of drug-likeness (QED) is 0.408. The number of hydrogen-bond acceptors (Lipinski definition) is 6. The van der Waals surface area contributed by atoms with Crippen LogP contribution in [0.15, 0.2) is 67.3 Å². The summed E-state index contributed by atoms with van der Waals surface area (Å²) in [5, 5.41) is 9.12. The lowest BCUT2D eigenvalue weighted by Crippen LogP contribution is -2.43. The van der Waals surface area contributed by atoms with Gasteiger partial charge in [-0.15, -0.1) is 0 Å². The lowest BCUT2D eigenvalue weighted by atomic mass is 10.0. The van der Waals surface area contributed by atoms with Crippen LogP contribution >= 0.6 is 0 Å². The van der Waals surface area contributed by atoms with Crippen molar-refractivity contribution in [1.82, 2.24) is 34.8 Å². The monoisotopic (exact) mass is 463 g/mol. The Bertz CT molecular complexity index is 1470. The Morgan fingerprint density at radius 1 is 0.914 bits per heavy atom. The van der Waals surface area contributed by atoms with E-state index in [-0.39, 0.29) is 0 Å². The number of fused-ring (bicyclic) bond motifs is 2. The van der Waals surface area contributed by atoms with E-state index in [2.05, 4.69) is 44.6 Å². The molecule has 0 atom stereocenters. The third-order valence-corrected chi connectivity index (χ3v) is 6.79. The lowest BCUT2D eigenvalue weighted by Gasteiger charge is -2.27. The number of nitrogens with zero attached hydrogens (tertiary/aromatic N) is 6. The van der Waals surface area contributed by atoms with E-state index in [0.717, 1.165) is 90.2 Å². The Kier molecular flexibility index (Phi) is 5.94. The maximum atomic E-state index is 4.77. The van der Waals surface area contributed by atoms with Gasteiger partial charge in [-0.1, -0.05) is 24.3 Å². The topological polar surface area (TPSA) is 71.2 Å². The molecule has 1 aliphatic rings. The average Bonchev–Trinajstić information content (AvgIpc) is 3.32. The molecule has 0 aliphatic carbocycles. The van der Waals surface area contributed by atoms with Gasteiger partial charge in [0.05, 0.1) is 17.4 Å². The van der Waals surface area contributed by atoms with Crippen LogP contribution in [0.25, 0.3) is 38.9 Å². The molecule has 5 aromatic rings. The van der Waals surface area contributed by atoms with Crippen LogP contribution in [0.2, 0.25) is 0 Å². The third kappa shape index (κ3) is 4.52. The molecule has 7 nitrogen and oxygen atoms in total. The Morgan fingerprint density at radius 2 is 1.83 bits per heavy atom. The Morgan fingerprint density at radius 3 is 2.69 bits per heavy atom. The minimum Gasteiger partial charge on any atom is -0.314 e. The van der Waals surface area contributed by atoms with Gasteiger partial charge in [0, 0.05) is 67.0 Å². The number of hydrogen-bond donors (Lipinski definition) is 1. The molecule has 5 heterocycles. The van der Waals surface area contributed by atoms with Gasteiger partial charge in [-0.25, -0.2) is 9.50 Å². The molecule has 0 amide bonds. The first-order chi connectivity index (χ1) is 17.2. The predicted octanol–water partition coefficient (Wildman–Crippen LogP) is 4.15. The molecule has 1 aliphatic heterocycles. The zero-order chi connectivity index (χ0) is 23.6. The van der Waals surface area contributed by atoms with Crippen molar-refractivity contribution in [1.29, 1.82) is 0 Å². The SMILES string of the molecule is Cc1ccc2c(-c3cnn4cc(-c5ccc(CCCN6CCNCC6)cn5)cnc34)cccc2n1. The first kappa shape index (κ1) is 21.8. The van der Waals surface area contributed by atoms with Crippen molar-refractivity contribution in [2.75, 3.05) is 32.7 Å². The van der Waals surface area contributed by atoms with Crippen LogP contribution in [0.4, 0.5) is 0 Å². The smallest absolute Gasteiger partial charge is 0.162 e. The van der Waals surface area contributed by atoms with E-state index in [1.165, 1.54) is 5.56 Å². The maximum Gasteiger partial charge on any atom is 0.162 e. The van der Waals surface area contributed by atoms with E-state index < -0.39 is 0 Å². The maximum absolute atomic E-state index is 4.77. The largest absolute Gasteiger partial charge is 0.314 e. The van der Waals surface area contributed by atoms with Gasteiger partial charge >= 0.3 is 0 Å². The van der Waals surface area contributed by atoms with E-state index in [1.54, 1.807) is 0 Å². The summed E-state index contributed by atoms with van der Waals surface area (Å²) >= 11 is 0. The number of rotatable bonds is 6. The van der Waals surface area contributed by atoms with Crippen molar-refractivity contribution in [3.63, 3.8) is 0 Å². The normalized spacial score (nSPS) is 14.7. The number of piperazine rings is 1. The second-order valence-corrected chi connectivity index (χ2v) is 9.24. The summed E-state index contributed by atoms with van der Waals surface area (Å²) in [5.41, 5.74) is 8.05. The summed E-state index contributed by atoms with van der Waals surface area (Å²) in [7, 11) is 0. The first-order valence-corrected chi connectivity index (χ1v) is 12.3. The highest BCUT2D eigenvalue weighted by Gasteiger charge is 2.13. The van der Waals surface area contributed by atoms with Gasteiger partial charge in [-0.05, 0) is 55.6 Å². The molecule has 0 spiro atoms. The average molecular weight is 464 g/mol. The molecule has 176 valence electrons. The van der Waals surface area contributed by atoms with Crippen LogP contribution in [0, 0.1) is 6.92 Å². The van der Waals surface area contributed by atoms with Gasteiger partial charge in [-0.3, -0.25) is 9.97 Å². The Balaban J connectivity index is 1.21. The van der Waals surface area contributed by atoms with E-state index in [4.69, 9.17) is 9.97 Å². The number of benzene rings is 1. The molecule has 1 saturated heterocycles. The first-order valence-electron chi connectivity index (χ1n) is 12.3. The highest BCUT2D eigenvalue weighted by Crippen LogP contribution is 2.31. The summed E-state index contributed by atoms with van der Waals surface area (Å²) < 4.78 is 1.84. The van der Waals surface area contributed by atoms with Crippen molar-refractivity contribution in [2.24, 2.45) is 0 Å². The minimum absolute atomic E-state index is 0.825. The van der Waals surface area contributed by atoms with Crippen LogP contribution in [-0.2, 0) is 6.42 Å². The second kappa shape index (κ2) is 9.52. The summed E-state index contributed by atoms with van der Waals surface area (Å²) in [4.78, 5) is 16.7. The number of aromatic nitrogens is 5. The van der Waals surface area contributed by atoms with E-state index >= 15 is 0 Å². The van der Waals surface area contributed by atoms with Gasteiger partial charge in [-0.2, -0.15) is 5.10 Å². The molecule has 6 rings (SSSR count). The highest BCUT2D eigenvalue weighted by atomic mass is 15.2. The van der Waals surface area contributed by atoms with Crippen LogP contribution < -0.4 is 5.32 Å². The molecule has 35 heavy (non-hydrogen) atoms. The third-order valence-electron chi connectivity index (χ3n) is 6.79. The van der Waals surface area contributed by atoms with Crippen molar-refractivity contribution >= 4 is 16.6 Å². The molecule has 0 saturated carbocycles. The fourth-order valence-electron chi connectivity index (χ4n) is 4.87. The van der Waals surface area contributed by atoms with Crippen molar-refractivity contribution in [3.8, 4) is 22.4 Å². The van der Waals surface area contributed by atoms with Crippen LogP contribution in [0.1, 0.15) is 17.7 Å². The standard InChI is InChI=1S/C28H29N7/c1-20-7-9-24-23(5-2-6-27(24)33-20)25-18-32-35-19-22(17-31-28(25)35)26-10-8-21(16-30-26)4-3-13-34-14-11-29-12-15-34/h2,5-10,16-19,29H,3-4,11-15H2,1H3. The van der Waals surface area contributed by atoms with E-state index in [1.807, 2.05) is 54.4 Å². The molecule has 1 fully saturated rings. The summed E-state index contributed by atoms with van der Waals surface area (Å²) in [6.45, 7) is 7.67. The molecular formula is C28H29N7. The van der Waals surface area contributed by atoms with Gasteiger partial charge < -0.3 is 10.2 Å². The molecular weight excluding hydrogens is 434 g/mol. The van der Waals surface area contributed by atoms with Crippen LogP contribution in [0.3, 0.4) is 0 Å².